The lowest BCUT2D eigenvalue weighted by Gasteiger charge is -2.32. The number of esters is 1. The SMILES string of the molecule is CC(C)OC(=O)C1[C@H]2C=CC3(CN(C4CCCCC4)C(=O)[C@@H]13)O2. The van der Waals surface area contributed by atoms with Crippen molar-refractivity contribution in [2.45, 2.75) is 69.8 Å². The van der Waals surface area contributed by atoms with Crippen molar-refractivity contribution < 1.29 is 19.1 Å². The fourth-order valence-electron chi connectivity index (χ4n) is 4.81. The minimum Gasteiger partial charge on any atom is -0.463 e. The first-order valence-electron chi connectivity index (χ1n) is 8.90. The molecule has 2 unspecified atom stereocenters. The highest BCUT2D eigenvalue weighted by Crippen LogP contribution is 2.53. The van der Waals surface area contributed by atoms with Crippen molar-refractivity contribution >= 4 is 11.9 Å². The third-order valence-corrected chi connectivity index (χ3v) is 5.77. The van der Waals surface area contributed by atoms with E-state index < -0.39 is 17.4 Å². The van der Waals surface area contributed by atoms with Gasteiger partial charge >= 0.3 is 5.97 Å². The van der Waals surface area contributed by atoms with E-state index in [0.29, 0.717) is 12.6 Å². The molecular formula is C18H25NO4. The monoisotopic (exact) mass is 319 g/mol. The zero-order chi connectivity index (χ0) is 16.2. The van der Waals surface area contributed by atoms with Crippen molar-refractivity contribution in [1.82, 2.24) is 4.90 Å². The summed E-state index contributed by atoms with van der Waals surface area (Å²) in [6, 6.07) is 0.314. The van der Waals surface area contributed by atoms with Gasteiger partial charge in [0.05, 0.1) is 24.7 Å². The quantitative estimate of drug-likeness (QED) is 0.590. The molecule has 0 aromatic rings. The number of nitrogens with zero attached hydrogens (tertiary/aromatic N) is 1. The highest BCUT2D eigenvalue weighted by molar-refractivity contribution is 5.91. The van der Waals surface area contributed by atoms with Crippen LogP contribution in [0.5, 0.6) is 0 Å². The minimum atomic E-state index is -0.597. The number of likely N-dealkylation sites (tertiary alicyclic amines) is 1. The van der Waals surface area contributed by atoms with Crippen LogP contribution in [-0.4, -0.2) is 47.2 Å². The minimum absolute atomic E-state index is 0.0921. The van der Waals surface area contributed by atoms with Crippen LogP contribution in [0.4, 0.5) is 0 Å². The van der Waals surface area contributed by atoms with E-state index in [1.54, 1.807) is 0 Å². The highest BCUT2D eigenvalue weighted by Gasteiger charge is 2.67. The van der Waals surface area contributed by atoms with Crippen LogP contribution < -0.4 is 0 Å². The molecule has 1 amide bonds. The number of carbonyl (C=O) groups is 2. The van der Waals surface area contributed by atoms with Gasteiger partial charge in [-0.1, -0.05) is 31.4 Å². The maximum Gasteiger partial charge on any atom is 0.313 e. The molecule has 3 fully saturated rings. The largest absolute Gasteiger partial charge is 0.463 e. The van der Waals surface area contributed by atoms with E-state index in [0.717, 1.165) is 12.8 Å². The maximum absolute atomic E-state index is 13.1. The van der Waals surface area contributed by atoms with Crippen molar-refractivity contribution in [3.05, 3.63) is 12.2 Å². The first-order chi connectivity index (χ1) is 11.0. The number of ether oxygens (including phenoxy) is 2. The van der Waals surface area contributed by atoms with Gasteiger partial charge in [-0.15, -0.1) is 0 Å². The van der Waals surface area contributed by atoms with Crippen LogP contribution >= 0.6 is 0 Å². The average Bonchev–Trinajstić information content (AvgIpc) is 3.16. The van der Waals surface area contributed by atoms with Crippen LogP contribution in [0.1, 0.15) is 46.0 Å². The molecule has 23 heavy (non-hydrogen) atoms. The van der Waals surface area contributed by atoms with Crippen LogP contribution in [-0.2, 0) is 19.1 Å². The first kappa shape index (κ1) is 15.2. The van der Waals surface area contributed by atoms with E-state index >= 15 is 0 Å². The Morgan fingerprint density at radius 3 is 2.78 bits per heavy atom. The van der Waals surface area contributed by atoms with Gasteiger partial charge in [0, 0.05) is 6.04 Å². The molecule has 0 radical (unpaired) electrons. The number of hydrogen-bond acceptors (Lipinski definition) is 4. The van der Waals surface area contributed by atoms with Crippen molar-refractivity contribution in [3.63, 3.8) is 0 Å². The molecule has 126 valence electrons. The fraction of sp³-hybridized carbons (Fsp3) is 0.778. The standard InChI is InChI=1S/C18H25NO4/c1-11(2)22-17(21)14-13-8-9-18(23-13)10-19(16(20)15(14)18)12-6-4-3-5-7-12/h8-9,11-15H,3-7,10H2,1-2H3/t13-,14?,15-,18?/m1/s1. The second kappa shape index (κ2) is 5.33. The molecular weight excluding hydrogens is 294 g/mol. The second-order valence-electron chi connectivity index (χ2n) is 7.64. The van der Waals surface area contributed by atoms with Crippen LogP contribution in [0.15, 0.2) is 12.2 Å². The number of carbonyl (C=O) groups excluding carboxylic acids is 2. The summed E-state index contributed by atoms with van der Waals surface area (Å²) in [6.45, 7) is 4.27. The fourth-order valence-corrected chi connectivity index (χ4v) is 4.81. The molecule has 4 rings (SSSR count). The van der Waals surface area contributed by atoms with E-state index in [9.17, 15) is 9.59 Å². The van der Waals surface area contributed by atoms with E-state index in [-0.39, 0.29) is 24.1 Å². The summed E-state index contributed by atoms with van der Waals surface area (Å²) in [4.78, 5) is 27.6. The summed E-state index contributed by atoms with van der Waals surface area (Å²) in [7, 11) is 0. The Hall–Kier alpha value is -1.36. The Balaban J connectivity index is 1.59. The topological polar surface area (TPSA) is 55.8 Å². The highest BCUT2D eigenvalue weighted by atomic mass is 16.6. The van der Waals surface area contributed by atoms with Gasteiger partial charge < -0.3 is 14.4 Å². The molecule has 0 aromatic carbocycles. The Kier molecular flexibility index (Phi) is 3.52. The Labute approximate surface area is 137 Å². The van der Waals surface area contributed by atoms with Gasteiger partial charge in [-0.05, 0) is 26.7 Å². The van der Waals surface area contributed by atoms with Crippen molar-refractivity contribution in [2.24, 2.45) is 11.8 Å². The lowest BCUT2D eigenvalue weighted by molar-refractivity contribution is -0.157. The molecule has 1 aliphatic carbocycles. The van der Waals surface area contributed by atoms with Gasteiger partial charge in [-0.2, -0.15) is 0 Å². The third-order valence-electron chi connectivity index (χ3n) is 5.77. The number of hydrogen-bond donors (Lipinski definition) is 0. The van der Waals surface area contributed by atoms with E-state index in [1.165, 1.54) is 19.3 Å². The maximum atomic E-state index is 13.1. The summed E-state index contributed by atoms with van der Waals surface area (Å²) in [5.74, 6) is -1.08. The molecule has 1 saturated carbocycles. The molecule has 5 heteroatoms. The van der Waals surface area contributed by atoms with Gasteiger partial charge in [0.1, 0.15) is 11.5 Å². The van der Waals surface area contributed by atoms with Gasteiger partial charge in [0.15, 0.2) is 0 Å². The van der Waals surface area contributed by atoms with Crippen molar-refractivity contribution in [3.8, 4) is 0 Å². The van der Waals surface area contributed by atoms with Crippen molar-refractivity contribution in [2.75, 3.05) is 6.54 Å². The summed E-state index contributed by atoms with van der Waals surface area (Å²) in [5, 5.41) is 0. The molecule has 0 aromatic heterocycles. The molecule has 2 saturated heterocycles. The Morgan fingerprint density at radius 1 is 1.35 bits per heavy atom. The van der Waals surface area contributed by atoms with Crippen LogP contribution in [0.25, 0.3) is 0 Å². The van der Waals surface area contributed by atoms with Crippen LogP contribution in [0.2, 0.25) is 0 Å². The van der Waals surface area contributed by atoms with E-state index in [1.807, 2.05) is 30.9 Å². The predicted octanol–water partition coefficient (Wildman–Crippen LogP) is 2.05. The first-order valence-corrected chi connectivity index (χ1v) is 8.90. The lowest BCUT2D eigenvalue weighted by atomic mass is 9.77. The van der Waals surface area contributed by atoms with E-state index in [2.05, 4.69) is 0 Å². The summed E-state index contributed by atoms with van der Waals surface area (Å²) in [5.41, 5.74) is -0.597. The summed E-state index contributed by atoms with van der Waals surface area (Å²) >= 11 is 0. The van der Waals surface area contributed by atoms with Gasteiger partial charge in [-0.25, -0.2) is 0 Å². The summed E-state index contributed by atoms with van der Waals surface area (Å²) < 4.78 is 11.5. The molecule has 0 N–H and O–H groups in total. The molecule has 3 heterocycles. The van der Waals surface area contributed by atoms with E-state index in [4.69, 9.17) is 9.47 Å². The van der Waals surface area contributed by atoms with Crippen molar-refractivity contribution in [1.29, 1.82) is 0 Å². The normalized spacial score (nSPS) is 39.3. The number of rotatable bonds is 3. The average molecular weight is 319 g/mol. The molecule has 4 aliphatic rings. The predicted molar refractivity (Wildman–Crippen MR) is 83.5 cm³/mol. The number of fused-ring (bicyclic) bond motifs is 1. The smallest absolute Gasteiger partial charge is 0.313 e. The van der Waals surface area contributed by atoms with Crippen LogP contribution in [0, 0.1) is 11.8 Å². The van der Waals surface area contributed by atoms with Gasteiger partial charge in [0.25, 0.3) is 0 Å². The zero-order valence-corrected chi connectivity index (χ0v) is 13.9. The lowest BCUT2D eigenvalue weighted by Crippen LogP contribution is -2.42. The second-order valence-corrected chi connectivity index (χ2v) is 7.64. The Morgan fingerprint density at radius 2 is 2.09 bits per heavy atom. The molecule has 1 spiro atoms. The molecule has 3 aliphatic heterocycles. The molecule has 2 bridgehead atoms. The zero-order valence-electron chi connectivity index (χ0n) is 13.9. The summed E-state index contributed by atoms with van der Waals surface area (Å²) in [6.07, 6.45) is 9.26. The van der Waals surface area contributed by atoms with Gasteiger partial charge in [-0.3, -0.25) is 9.59 Å². The number of amides is 1. The van der Waals surface area contributed by atoms with Crippen LogP contribution in [0.3, 0.4) is 0 Å². The Bertz CT molecular complexity index is 551. The van der Waals surface area contributed by atoms with Gasteiger partial charge in [0.2, 0.25) is 5.91 Å². The molecule has 5 nitrogen and oxygen atoms in total. The molecule has 4 atom stereocenters. The third kappa shape index (κ3) is 2.24.